The van der Waals surface area contributed by atoms with E-state index in [-0.39, 0.29) is 0 Å². The van der Waals surface area contributed by atoms with Crippen molar-refractivity contribution in [1.82, 2.24) is 9.38 Å². The van der Waals surface area contributed by atoms with Crippen molar-refractivity contribution < 1.29 is 0 Å². The van der Waals surface area contributed by atoms with Gasteiger partial charge in [-0.2, -0.15) is 0 Å². The second-order valence-corrected chi connectivity index (χ2v) is 5.63. The third kappa shape index (κ3) is 1.95. The monoisotopic (exact) mass is 285 g/mol. The van der Waals surface area contributed by atoms with Crippen molar-refractivity contribution >= 4 is 23.1 Å². The minimum Gasteiger partial charge on any atom is -0.383 e. The SMILES string of the molecule is Cc1cc(C)c(-c2nc3cc(Cl)ccn3c2N)c(C)c1. The van der Waals surface area contributed by atoms with Crippen molar-refractivity contribution in [3.05, 3.63) is 52.2 Å². The molecule has 0 aliphatic carbocycles. The number of aromatic nitrogens is 2. The summed E-state index contributed by atoms with van der Waals surface area (Å²) in [6.45, 7) is 6.27. The third-order valence-electron chi connectivity index (χ3n) is 3.54. The van der Waals surface area contributed by atoms with Gasteiger partial charge in [0, 0.05) is 22.8 Å². The zero-order chi connectivity index (χ0) is 14.4. The maximum absolute atomic E-state index is 6.25. The summed E-state index contributed by atoms with van der Waals surface area (Å²) in [5, 5.41) is 0.659. The molecule has 2 N–H and O–H groups in total. The minimum atomic E-state index is 0.645. The van der Waals surface area contributed by atoms with Crippen molar-refractivity contribution in [2.24, 2.45) is 0 Å². The highest BCUT2D eigenvalue weighted by Gasteiger charge is 2.15. The molecule has 0 unspecified atom stereocenters. The summed E-state index contributed by atoms with van der Waals surface area (Å²) in [5.74, 6) is 0.645. The lowest BCUT2D eigenvalue weighted by atomic mass is 9.97. The molecular weight excluding hydrogens is 270 g/mol. The number of halogens is 1. The zero-order valence-electron chi connectivity index (χ0n) is 11.7. The Labute approximate surface area is 123 Å². The van der Waals surface area contributed by atoms with Gasteiger partial charge in [-0.3, -0.25) is 4.40 Å². The van der Waals surface area contributed by atoms with E-state index in [1.54, 1.807) is 0 Å². The summed E-state index contributed by atoms with van der Waals surface area (Å²) in [6.07, 6.45) is 1.85. The van der Waals surface area contributed by atoms with Crippen LogP contribution in [0, 0.1) is 20.8 Å². The molecule has 0 saturated heterocycles. The van der Waals surface area contributed by atoms with E-state index in [4.69, 9.17) is 17.3 Å². The Hall–Kier alpha value is -2.00. The molecule has 3 rings (SSSR count). The van der Waals surface area contributed by atoms with Crippen LogP contribution in [0.5, 0.6) is 0 Å². The Bertz CT molecular complexity index is 795. The average Bonchev–Trinajstić information content (AvgIpc) is 2.65. The van der Waals surface area contributed by atoms with Crippen molar-refractivity contribution in [1.29, 1.82) is 0 Å². The fraction of sp³-hybridized carbons (Fsp3) is 0.188. The molecule has 3 nitrogen and oxygen atoms in total. The van der Waals surface area contributed by atoms with Gasteiger partial charge >= 0.3 is 0 Å². The average molecular weight is 286 g/mol. The second-order valence-electron chi connectivity index (χ2n) is 5.19. The number of benzene rings is 1. The largest absolute Gasteiger partial charge is 0.383 e. The van der Waals surface area contributed by atoms with Crippen LogP contribution in [0.1, 0.15) is 16.7 Å². The number of imidazole rings is 1. The zero-order valence-corrected chi connectivity index (χ0v) is 12.5. The number of rotatable bonds is 1. The van der Waals surface area contributed by atoms with E-state index in [1.807, 2.05) is 22.7 Å². The highest BCUT2D eigenvalue weighted by Crippen LogP contribution is 2.32. The first-order valence-corrected chi connectivity index (χ1v) is 6.86. The Morgan fingerprint density at radius 2 is 1.75 bits per heavy atom. The van der Waals surface area contributed by atoms with Gasteiger partial charge < -0.3 is 5.73 Å². The lowest BCUT2D eigenvalue weighted by molar-refractivity contribution is 1.20. The van der Waals surface area contributed by atoms with Gasteiger partial charge in [-0.1, -0.05) is 29.3 Å². The number of pyridine rings is 1. The van der Waals surface area contributed by atoms with Gasteiger partial charge in [0.2, 0.25) is 0 Å². The first kappa shape index (κ1) is 13.0. The van der Waals surface area contributed by atoms with E-state index < -0.39 is 0 Å². The van der Waals surface area contributed by atoms with E-state index in [1.165, 1.54) is 16.7 Å². The van der Waals surface area contributed by atoms with Crippen LogP contribution >= 0.6 is 11.6 Å². The van der Waals surface area contributed by atoms with Gasteiger partial charge in [-0.25, -0.2) is 4.98 Å². The Kier molecular flexibility index (Phi) is 2.94. The summed E-state index contributed by atoms with van der Waals surface area (Å²) in [5.41, 5.74) is 12.6. The Morgan fingerprint density at radius 1 is 1.10 bits per heavy atom. The van der Waals surface area contributed by atoms with E-state index >= 15 is 0 Å². The smallest absolute Gasteiger partial charge is 0.140 e. The highest BCUT2D eigenvalue weighted by atomic mass is 35.5. The van der Waals surface area contributed by atoms with Crippen LogP contribution in [0.3, 0.4) is 0 Å². The summed E-state index contributed by atoms with van der Waals surface area (Å²) in [6, 6.07) is 7.93. The number of hydrogen-bond donors (Lipinski definition) is 1. The number of nitrogen functional groups attached to an aromatic ring is 1. The fourth-order valence-corrected chi connectivity index (χ4v) is 2.93. The summed E-state index contributed by atoms with van der Waals surface area (Å²) >= 11 is 6.02. The Morgan fingerprint density at radius 3 is 2.40 bits per heavy atom. The molecule has 0 radical (unpaired) electrons. The van der Waals surface area contributed by atoms with E-state index in [0.717, 1.165) is 16.9 Å². The predicted molar refractivity (Wildman–Crippen MR) is 84.3 cm³/mol. The van der Waals surface area contributed by atoms with Gasteiger partial charge in [-0.15, -0.1) is 0 Å². The lowest BCUT2D eigenvalue weighted by Gasteiger charge is -2.09. The topological polar surface area (TPSA) is 43.3 Å². The van der Waals surface area contributed by atoms with Crippen LogP contribution < -0.4 is 5.73 Å². The van der Waals surface area contributed by atoms with E-state index in [2.05, 4.69) is 37.9 Å². The van der Waals surface area contributed by atoms with Crippen LogP contribution in [-0.4, -0.2) is 9.38 Å². The molecule has 2 heterocycles. The highest BCUT2D eigenvalue weighted by molar-refractivity contribution is 6.30. The second kappa shape index (κ2) is 4.53. The summed E-state index contributed by atoms with van der Waals surface area (Å²) in [4.78, 5) is 4.65. The molecule has 0 saturated carbocycles. The first-order chi connectivity index (χ1) is 9.47. The number of nitrogens with two attached hydrogens (primary N) is 1. The molecule has 2 aromatic heterocycles. The van der Waals surface area contributed by atoms with Crippen LogP contribution in [0.15, 0.2) is 30.5 Å². The molecule has 0 aliphatic heterocycles. The standard InChI is InChI=1S/C16H16ClN3/c1-9-6-10(2)14(11(3)7-9)15-16(18)20-5-4-12(17)8-13(20)19-15/h4-8H,18H2,1-3H3. The first-order valence-electron chi connectivity index (χ1n) is 6.48. The van der Waals surface area contributed by atoms with Crippen LogP contribution in [-0.2, 0) is 0 Å². The molecule has 20 heavy (non-hydrogen) atoms. The van der Waals surface area contributed by atoms with Gasteiger partial charge in [-0.05, 0) is 38.0 Å². The molecule has 4 heteroatoms. The van der Waals surface area contributed by atoms with Crippen molar-refractivity contribution in [3.8, 4) is 11.3 Å². The summed E-state index contributed by atoms with van der Waals surface area (Å²) < 4.78 is 1.86. The Balaban J connectivity index is 2.33. The lowest BCUT2D eigenvalue weighted by Crippen LogP contribution is -1.96. The molecule has 0 bridgehead atoms. The quantitative estimate of drug-likeness (QED) is 0.729. The minimum absolute atomic E-state index is 0.645. The van der Waals surface area contributed by atoms with Crippen LogP contribution in [0.25, 0.3) is 16.9 Å². The molecule has 102 valence electrons. The predicted octanol–water partition coefficient (Wildman–Crippen LogP) is 4.16. The van der Waals surface area contributed by atoms with E-state index in [9.17, 15) is 0 Å². The van der Waals surface area contributed by atoms with Crippen LogP contribution in [0.4, 0.5) is 5.82 Å². The molecule has 0 atom stereocenters. The molecule has 0 aliphatic rings. The number of anilines is 1. The summed E-state index contributed by atoms with van der Waals surface area (Å²) in [7, 11) is 0. The number of hydrogen-bond acceptors (Lipinski definition) is 2. The van der Waals surface area contributed by atoms with Crippen molar-refractivity contribution in [2.45, 2.75) is 20.8 Å². The van der Waals surface area contributed by atoms with Gasteiger partial charge in [0.15, 0.2) is 0 Å². The molecule has 1 aromatic carbocycles. The normalized spacial score (nSPS) is 11.2. The molecule has 0 amide bonds. The number of aryl methyl sites for hydroxylation is 3. The van der Waals surface area contributed by atoms with Gasteiger partial charge in [0.25, 0.3) is 0 Å². The van der Waals surface area contributed by atoms with Gasteiger partial charge in [0.05, 0.1) is 0 Å². The molecule has 0 spiro atoms. The molecular formula is C16H16ClN3. The fourth-order valence-electron chi connectivity index (χ4n) is 2.78. The number of fused-ring (bicyclic) bond motifs is 1. The number of nitrogens with zero attached hydrogens (tertiary/aromatic N) is 2. The maximum Gasteiger partial charge on any atom is 0.140 e. The van der Waals surface area contributed by atoms with Gasteiger partial charge in [0.1, 0.15) is 17.2 Å². The molecule has 0 fully saturated rings. The van der Waals surface area contributed by atoms with E-state index in [0.29, 0.717) is 10.8 Å². The maximum atomic E-state index is 6.25. The van der Waals surface area contributed by atoms with Crippen molar-refractivity contribution in [2.75, 3.05) is 5.73 Å². The third-order valence-corrected chi connectivity index (χ3v) is 3.77. The molecule has 3 aromatic rings. The van der Waals surface area contributed by atoms with Crippen LogP contribution in [0.2, 0.25) is 5.02 Å². The van der Waals surface area contributed by atoms with Crippen molar-refractivity contribution in [3.63, 3.8) is 0 Å².